The molecule has 1 rings (SSSR count). The van der Waals surface area contributed by atoms with Crippen LogP contribution in [0.2, 0.25) is 0 Å². The minimum absolute atomic E-state index is 0.112. The van der Waals surface area contributed by atoms with Crippen LogP contribution in [0, 0.1) is 0 Å². The first-order valence-electron chi connectivity index (χ1n) is 6.60. The van der Waals surface area contributed by atoms with Crippen molar-refractivity contribution in [2.45, 2.75) is 57.7 Å². The molecule has 108 valence electrons. The number of nitrogens with zero attached hydrogens (tertiary/aromatic N) is 1. The highest BCUT2D eigenvalue weighted by molar-refractivity contribution is 5.81. The minimum atomic E-state index is -0.364. The molecule has 0 saturated carbocycles. The van der Waals surface area contributed by atoms with Gasteiger partial charge in [-0.25, -0.2) is 4.79 Å². The molecule has 1 saturated heterocycles. The second-order valence-electron chi connectivity index (χ2n) is 6.17. The first kappa shape index (κ1) is 15.9. The first-order chi connectivity index (χ1) is 8.73. The van der Waals surface area contributed by atoms with E-state index in [4.69, 9.17) is 9.57 Å². The third kappa shape index (κ3) is 3.91. The largest absolute Gasteiger partial charge is 0.459 e. The Hall–Kier alpha value is -1.13. The SMILES string of the molecule is C=CCON1C(C)(C)CC(OC(=O)C=C)CC1(C)C. The summed E-state index contributed by atoms with van der Waals surface area (Å²) >= 11 is 0. The van der Waals surface area contributed by atoms with Crippen LogP contribution in [0.25, 0.3) is 0 Å². The summed E-state index contributed by atoms with van der Waals surface area (Å²) < 4.78 is 5.41. The van der Waals surface area contributed by atoms with Gasteiger partial charge in [0.2, 0.25) is 0 Å². The van der Waals surface area contributed by atoms with Crippen LogP contribution in [-0.4, -0.2) is 34.8 Å². The highest BCUT2D eigenvalue weighted by atomic mass is 16.7. The fraction of sp³-hybridized carbons (Fsp3) is 0.667. The monoisotopic (exact) mass is 267 g/mol. The number of hydroxylamine groups is 2. The van der Waals surface area contributed by atoms with E-state index in [0.29, 0.717) is 6.61 Å². The van der Waals surface area contributed by atoms with Crippen molar-refractivity contribution in [2.75, 3.05) is 6.61 Å². The molecule has 0 bridgehead atoms. The number of hydrogen-bond acceptors (Lipinski definition) is 4. The van der Waals surface area contributed by atoms with Crippen molar-refractivity contribution in [1.82, 2.24) is 5.06 Å². The Balaban J connectivity index is 2.83. The molecule has 0 aromatic rings. The van der Waals surface area contributed by atoms with Crippen LogP contribution in [0.4, 0.5) is 0 Å². The third-order valence-corrected chi connectivity index (χ3v) is 3.32. The van der Waals surface area contributed by atoms with Crippen LogP contribution in [0.15, 0.2) is 25.3 Å². The summed E-state index contributed by atoms with van der Waals surface area (Å²) in [6.45, 7) is 15.9. The molecule has 0 amide bonds. The van der Waals surface area contributed by atoms with Crippen molar-refractivity contribution in [1.29, 1.82) is 0 Å². The van der Waals surface area contributed by atoms with Gasteiger partial charge in [0.25, 0.3) is 0 Å². The van der Waals surface area contributed by atoms with E-state index in [9.17, 15) is 4.79 Å². The summed E-state index contributed by atoms with van der Waals surface area (Å²) in [6.07, 6.45) is 4.29. The number of carbonyl (C=O) groups excluding carboxylic acids is 1. The molecule has 1 heterocycles. The number of piperidine rings is 1. The van der Waals surface area contributed by atoms with E-state index in [2.05, 4.69) is 40.9 Å². The summed E-state index contributed by atoms with van der Waals surface area (Å²) in [5, 5.41) is 2.00. The van der Waals surface area contributed by atoms with Gasteiger partial charge in [-0.3, -0.25) is 4.84 Å². The number of esters is 1. The lowest BCUT2D eigenvalue weighted by Crippen LogP contribution is -2.62. The molecule has 0 aliphatic carbocycles. The molecular weight excluding hydrogens is 242 g/mol. The Bertz CT molecular complexity index is 342. The second-order valence-corrected chi connectivity index (χ2v) is 6.17. The van der Waals surface area contributed by atoms with Crippen LogP contribution in [0.1, 0.15) is 40.5 Å². The summed E-state index contributed by atoms with van der Waals surface area (Å²) in [5.74, 6) is -0.364. The van der Waals surface area contributed by atoms with E-state index in [1.807, 2.05) is 5.06 Å². The van der Waals surface area contributed by atoms with Gasteiger partial charge in [-0.2, -0.15) is 5.06 Å². The quantitative estimate of drug-likeness (QED) is 0.436. The maximum absolute atomic E-state index is 11.4. The predicted molar refractivity (Wildman–Crippen MR) is 75.5 cm³/mol. The van der Waals surface area contributed by atoms with Gasteiger partial charge in [0, 0.05) is 30.0 Å². The van der Waals surface area contributed by atoms with E-state index in [-0.39, 0.29) is 23.2 Å². The van der Waals surface area contributed by atoms with Crippen molar-refractivity contribution in [3.8, 4) is 0 Å². The van der Waals surface area contributed by atoms with Gasteiger partial charge < -0.3 is 4.74 Å². The number of ether oxygens (including phenoxy) is 1. The molecule has 19 heavy (non-hydrogen) atoms. The lowest BCUT2D eigenvalue weighted by Gasteiger charge is -2.53. The van der Waals surface area contributed by atoms with Crippen molar-refractivity contribution in [3.63, 3.8) is 0 Å². The third-order valence-electron chi connectivity index (χ3n) is 3.32. The number of rotatable bonds is 5. The van der Waals surface area contributed by atoms with Gasteiger partial charge >= 0.3 is 5.97 Å². The maximum atomic E-state index is 11.4. The average molecular weight is 267 g/mol. The normalized spacial score (nSPS) is 22.7. The van der Waals surface area contributed by atoms with Crippen molar-refractivity contribution in [3.05, 3.63) is 25.3 Å². The molecule has 1 aliphatic heterocycles. The van der Waals surface area contributed by atoms with Crippen molar-refractivity contribution in [2.24, 2.45) is 0 Å². The zero-order valence-corrected chi connectivity index (χ0v) is 12.4. The smallest absolute Gasteiger partial charge is 0.330 e. The van der Waals surface area contributed by atoms with Gasteiger partial charge in [0.1, 0.15) is 6.10 Å². The van der Waals surface area contributed by atoms with Crippen LogP contribution in [0.5, 0.6) is 0 Å². The molecular formula is C15H25NO3. The fourth-order valence-electron chi connectivity index (χ4n) is 2.94. The van der Waals surface area contributed by atoms with E-state index in [1.54, 1.807) is 6.08 Å². The summed E-state index contributed by atoms with van der Waals surface area (Å²) in [5.41, 5.74) is -0.423. The Morgan fingerprint density at radius 1 is 1.26 bits per heavy atom. The van der Waals surface area contributed by atoms with Gasteiger partial charge in [-0.05, 0) is 27.7 Å². The Kier molecular flexibility index (Phi) is 4.93. The molecule has 0 unspecified atom stereocenters. The van der Waals surface area contributed by atoms with Crippen LogP contribution >= 0.6 is 0 Å². The van der Waals surface area contributed by atoms with E-state index in [1.165, 1.54) is 6.08 Å². The molecule has 1 fully saturated rings. The molecule has 0 atom stereocenters. The topological polar surface area (TPSA) is 38.8 Å². The fourth-order valence-corrected chi connectivity index (χ4v) is 2.94. The standard InChI is InChI=1S/C15H25NO3/c1-7-9-18-16-14(3,4)10-12(11-15(16,5)6)19-13(17)8-2/h7-8,12H,1-2,9-11H2,3-6H3. The summed E-state index contributed by atoms with van der Waals surface area (Å²) in [4.78, 5) is 17.2. The van der Waals surface area contributed by atoms with Crippen LogP contribution in [-0.2, 0) is 14.4 Å². The predicted octanol–water partition coefficient (Wildman–Crippen LogP) is 2.85. The summed E-state index contributed by atoms with van der Waals surface area (Å²) in [7, 11) is 0. The molecule has 0 spiro atoms. The molecule has 0 aromatic heterocycles. The Morgan fingerprint density at radius 2 is 1.79 bits per heavy atom. The highest BCUT2D eigenvalue weighted by Crippen LogP contribution is 2.39. The lowest BCUT2D eigenvalue weighted by atomic mass is 9.80. The second kappa shape index (κ2) is 5.88. The Morgan fingerprint density at radius 3 is 2.21 bits per heavy atom. The van der Waals surface area contributed by atoms with Crippen molar-refractivity contribution >= 4 is 5.97 Å². The van der Waals surface area contributed by atoms with Crippen LogP contribution < -0.4 is 0 Å². The molecule has 0 aromatic carbocycles. The lowest BCUT2D eigenvalue weighted by molar-refractivity contribution is -0.287. The summed E-state index contributed by atoms with van der Waals surface area (Å²) in [6, 6.07) is 0. The maximum Gasteiger partial charge on any atom is 0.330 e. The molecule has 4 heteroatoms. The highest BCUT2D eigenvalue weighted by Gasteiger charge is 2.47. The number of hydrogen-bond donors (Lipinski definition) is 0. The zero-order valence-electron chi connectivity index (χ0n) is 12.4. The van der Waals surface area contributed by atoms with Gasteiger partial charge in [-0.15, -0.1) is 6.58 Å². The minimum Gasteiger partial charge on any atom is -0.459 e. The van der Waals surface area contributed by atoms with Crippen molar-refractivity contribution < 1.29 is 14.4 Å². The molecule has 4 nitrogen and oxygen atoms in total. The Labute approximate surface area is 116 Å². The van der Waals surface area contributed by atoms with Gasteiger partial charge in [0.15, 0.2) is 0 Å². The first-order valence-corrected chi connectivity index (χ1v) is 6.60. The van der Waals surface area contributed by atoms with E-state index < -0.39 is 0 Å². The van der Waals surface area contributed by atoms with E-state index >= 15 is 0 Å². The number of carbonyl (C=O) groups is 1. The van der Waals surface area contributed by atoms with E-state index in [0.717, 1.165) is 12.8 Å². The van der Waals surface area contributed by atoms with Crippen LogP contribution in [0.3, 0.4) is 0 Å². The van der Waals surface area contributed by atoms with Gasteiger partial charge in [0.05, 0.1) is 6.61 Å². The average Bonchev–Trinajstić information content (AvgIpc) is 2.25. The van der Waals surface area contributed by atoms with Gasteiger partial charge in [-0.1, -0.05) is 12.7 Å². The molecule has 0 radical (unpaired) electrons. The molecule has 0 N–H and O–H groups in total. The zero-order chi connectivity index (χ0) is 14.7. The molecule has 1 aliphatic rings.